The van der Waals surface area contributed by atoms with Crippen LogP contribution in [0.1, 0.15) is 43.4 Å². The number of aromatic nitrogens is 3. The van der Waals surface area contributed by atoms with Gasteiger partial charge in [-0.1, -0.05) is 25.0 Å². The van der Waals surface area contributed by atoms with Crippen molar-refractivity contribution in [1.82, 2.24) is 19.1 Å². The minimum absolute atomic E-state index is 0.140. The van der Waals surface area contributed by atoms with Gasteiger partial charge in [0, 0.05) is 49.4 Å². The van der Waals surface area contributed by atoms with E-state index in [1.807, 2.05) is 53.8 Å². The summed E-state index contributed by atoms with van der Waals surface area (Å²) in [5.74, 6) is 0.881. The van der Waals surface area contributed by atoms with Gasteiger partial charge in [-0.25, -0.2) is 0 Å². The van der Waals surface area contributed by atoms with Gasteiger partial charge in [-0.15, -0.1) is 0 Å². The molecule has 7 nitrogen and oxygen atoms in total. The van der Waals surface area contributed by atoms with E-state index in [0.717, 1.165) is 48.6 Å². The highest BCUT2D eigenvalue weighted by Gasteiger charge is 2.19. The molecular weight excluding hydrogens is 392 g/mol. The van der Waals surface area contributed by atoms with Crippen LogP contribution in [-0.4, -0.2) is 45.2 Å². The predicted molar refractivity (Wildman–Crippen MR) is 121 cm³/mol. The summed E-state index contributed by atoms with van der Waals surface area (Å²) in [6.07, 6.45) is 5.30. The summed E-state index contributed by atoms with van der Waals surface area (Å²) in [6, 6.07) is 9.54. The molecule has 2 aromatic heterocycles. The van der Waals surface area contributed by atoms with Crippen LogP contribution >= 0.6 is 0 Å². The van der Waals surface area contributed by atoms with E-state index in [2.05, 4.69) is 5.10 Å². The Morgan fingerprint density at radius 2 is 1.87 bits per heavy atom. The molecule has 1 aliphatic heterocycles. The summed E-state index contributed by atoms with van der Waals surface area (Å²) in [5.41, 5.74) is 3.70. The van der Waals surface area contributed by atoms with E-state index >= 15 is 0 Å². The fraction of sp³-hybridized carbons (Fsp3) is 0.458. The summed E-state index contributed by atoms with van der Waals surface area (Å²) in [6.45, 7) is 3.60. The van der Waals surface area contributed by atoms with Crippen molar-refractivity contribution in [2.75, 3.05) is 20.2 Å². The minimum Gasteiger partial charge on any atom is -0.497 e. The Morgan fingerprint density at radius 1 is 1.13 bits per heavy atom. The lowest BCUT2D eigenvalue weighted by Gasteiger charge is -2.20. The van der Waals surface area contributed by atoms with E-state index < -0.39 is 0 Å². The monoisotopic (exact) mass is 422 g/mol. The molecule has 0 atom stereocenters. The Balaban J connectivity index is 1.64. The molecule has 4 rings (SSSR count). The van der Waals surface area contributed by atoms with Gasteiger partial charge in [-0.2, -0.15) is 9.61 Å². The topological polar surface area (TPSA) is 68.8 Å². The first kappa shape index (κ1) is 21.2. The molecule has 1 fully saturated rings. The molecule has 0 unspecified atom stereocenters. The van der Waals surface area contributed by atoms with Crippen molar-refractivity contribution in [3.05, 3.63) is 51.9 Å². The third-order valence-corrected chi connectivity index (χ3v) is 6.34. The van der Waals surface area contributed by atoms with Gasteiger partial charge in [0.15, 0.2) is 0 Å². The number of rotatable bonds is 5. The Hall–Kier alpha value is -3.09. The molecule has 0 spiro atoms. The number of ether oxygens (including phenoxy) is 1. The molecular formula is C24H30N4O3. The lowest BCUT2D eigenvalue weighted by atomic mass is 10.1. The first-order valence-electron chi connectivity index (χ1n) is 11.0. The van der Waals surface area contributed by atoms with Crippen LogP contribution in [-0.2, 0) is 18.3 Å². The third-order valence-electron chi connectivity index (χ3n) is 6.34. The van der Waals surface area contributed by atoms with Gasteiger partial charge in [-0.05, 0) is 38.3 Å². The van der Waals surface area contributed by atoms with Gasteiger partial charge < -0.3 is 14.2 Å². The Kier molecular flexibility index (Phi) is 6.11. The summed E-state index contributed by atoms with van der Waals surface area (Å²) in [7, 11) is 3.56. The fourth-order valence-corrected chi connectivity index (χ4v) is 4.34. The van der Waals surface area contributed by atoms with Crippen LogP contribution in [0.4, 0.5) is 0 Å². The summed E-state index contributed by atoms with van der Waals surface area (Å²) >= 11 is 0. The third kappa shape index (κ3) is 4.22. The van der Waals surface area contributed by atoms with Crippen molar-refractivity contribution in [2.24, 2.45) is 7.05 Å². The first-order chi connectivity index (χ1) is 15.0. The van der Waals surface area contributed by atoms with Crippen molar-refractivity contribution in [3.8, 4) is 17.0 Å². The maximum atomic E-state index is 13.3. The Bertz CT molecular complexity index is 1150. The van der Waals surface area contributed by atoms with Crippen LogP contribution in [0.25, 0.3) is 16.9 Å². The van der Waals surface area contributed by atoms with Crippen LogP contribution in [0.2, 0.25) is 0 Å². The quantitative estimate of drug-likeness (QED) is 0.632. The van der Waals surface area contributed by atoms with Gasteiger partial charge in [0.25, 0.3) is 5.56 Å². The average Bonchev–Trinajstić information content (AvgIpc) is 3.06. The fourth-order valence-electron chi connectivity index (χ4n) is 4.34. The van der Waals surface area contributed by atoms with E-state index in [-0.39, 0.29) is 11.5 Å². The van der Waals surface area contributed by atoms with Gasteiger partial charge >= 0.3 is 0 Å². The second-order valence-corrected chi connectivity index (χ2v) is 8.25. The highest BCUT2D eigenvalue weighted by atomic mass is 16.5. The molecule has 7 heteroatoms. The van der Waals surface area contributed by atoms with Crippen molar-refractivity contribution in [3.63, 3.8) is 0 Å². The zero-order chi connectivity index (χ0) is 22.0. The van der Waals surface area contributed by atoms with E-state index in [1.54, 1.807) is 7.11 Å². The van der Waals surface area contributed by atoms with Crippen molar-refractivity contribution >= 4 is 11.6 Å². The molecule has 0 saturated carbocycles. The second-order valence-electron chi connectivity index (χ2n) is 8.25. The zero-order valence-corrected chi connectivity index (χ0v) is 18.6. The van der Waals surface area contributed by atoms with Crippen LogP contribution in [0.3, 0.4) is 0 Å². The molecule has 0 bridgehead atoms. The number of amides is 1. The molecule has 0 N–H and O–H groups in total. The molecule has 1 amide bonds. The van der Waals surface area contributed by atoms with Crippen LogP contribution in [0.15, 0.2) is 35.1 Å². The van der Waals surface area contributed by atoms with Gasteiger partial charge in [0.2, 0.25) is 5.91 Å². The van der Waals surface area contributed by atoms with Gasteiger partial charge in [0.05, 0.1) is 12.8 Å². The number of likely N-dealkylation sites (tertiary alicyclic amines) is 1. The summed E-state index contributed by atoms with van der Waals surface area (Å²) in [5, 5.41) is 4.58. The number of nitrogens with zero attached hydrogens (tertiary/aromatic N) is 4. The number of methoxy groups -OCH3 is 1. The number of hydrogen-bond acceptors (Lipinski definition) is 4. The normalized spacial score (nSPS) is 14.6. The lowest BCUT2D eigenvalue weighted by molar-refractivity contribution is -0.131. The van der Waals surface area contributed by atoms with Crippen molar-refractivity contribution in [1.29, 1.82) is 0 Å². The van der Waals surface area contributed by atoms with Crippen LogP contribution < -0.4 is 10.3 Å². The van der Waals surface area contributed by atoms with Gasteiger partial charge in [-0.3, -0.25) is 9.59 Å². The maximum Gasteiger partial charge on any atom is 0.277 e. The molecule has 31 heavy (non-hydrogen) atoms. The molecule has 164 valence electrons. The van der Waals surface area contributed by atoms with Crippen LogP contribution in [0, 0.1) is 6.92 Å². The number of benzene rings is 1. The number of hydrogen-bond donors (Lipinski definition) is 0. The Morgan fingerprint density at radius 3 is 2.58 bits per heavy atom. The molecule has 3 aromatic rings. The number of carbonyl (C=O) groups is 1. The molecule has 0 radical (unpaired) electrons. The largest absolute Gasteiger partial charge is 0.497 e. The average molecular weight is 423 g/mol. The SMILES string of the molecule is COc1cccc(-c2cc3n(C)c(C)c(CCC(=O)N4CCCCCC4)c(=O)n3n2)c1. The predicted octanol–water partition coefficient (Wildman–Crippen LogP) is 3.35. The Labute approximate surface area is 182 Å². The second kappa shape index (κ2) is 8.96. The molecule has 0 aliphatic carbocycles. The van der Waals surface area contributed by atoms with E-state index in [9.17, 15) is 9.59 Å². The van der Waals surface area contributed by atoms with E-state index in [1.165, 1.54) is 17.4 Å². The maximum absolute atomic E-state index is 13.3. The van der Waals surface area contributed by atoms with Crippen LogP contribution in [0.5, 0.6) is 5.75 Å². The number of fused-ring (bicyclic) bond motifs is 1. The van der Waals surface area contributed by atoms with E-state index in [4.69, 9.17) is 4.74 Å². The highest BCUT2D eigenvalue weighted by Crippen LogP contribution is 2.24. The first-order valence-corrected chi connectivity index (χ1v) is 11.0. The summed E-state index contributed by atoms with van der Waals surface area (Å²) in [4.78, 5) is 27.9. The van der Waals surface area contributed by atoms with Crippen molar-refractivity contribution in [2.45, 2.75) is 45.4 Å². The summed E-state index contributed by atoms with van der Waals surface area (Å²) < 4.78 is 8.74. The molecule has 3 heterocycles. The highest BCUT2D eigenvalue weighted by molar-refractivity contribution is 5.76. The van der Waals surface area contributed by atoms with Gasteiger partial charge in [0.1, 0.15) is 11.4 Å². The zero-order valence-electron chi connectivity index (χ0n) is 18.6. The molecule has 1 saturated heterocycles. The van der Waals surface area contributed by atoms with E-state index in [0.29, 0.717) is 24.1 Å². The smallest absolute Gasteiger partial charge is 0.277 e. The number of carbonyl (C=O) groups excluding carboxylic acids is 1. The molecule has 1 aromatic carbocycles. The number of aryl methyl sites for hydroxylation is 1. The minimum atomic E-state index is -0.150. The standard InChI is InChI=1S/C24H30N4O3/c1-17-20(11-12-23(29)27-13-6-4-5-7-14-27)24(30)28-22(26(17)2)16-21(25-28)18-9-8-10-19(15-18)31-3/h8-10,15-16H,4-7,11-14H2,1-3H3. The lowest BCUT2D eigenvalue weighted by Crippen LogP contribution is -2.33. The molecule has 1 aliphatic rings. The van der Waals surface area contributed by atoms with Crippen molar-refractivity contribution < 1.29 is 9.53 Å².